The van der Waals surface area contributed by atoms with Crippen LogP contribution >= 0.6 is 0 Å². The minimum absolute atomic E-state index is 0.00961. The van der Waals surface area contributed by atoms with E-state index in [1.165, 1.54) is 28.0 Å². The number of carboxylic acids is 1. The Balaban J connectivity index is 1.73. The summed E-state index contributed by atoms with van der Waals surface area (Å²) < 4.78 is 19.2. The number of carbonyl (C=O) groups excluding carboxylic acids is 2. The molecule has 2 aliphatic heterocycles. The molecule has 3 rings (SSSR count). The Morgan fingerprint density at radius 1 is 1.32 bits per heavy atom. The quantitative estimate of drug-likeness (QED) is 0.871. The van der Waals surface area contributed by atoms with Crippen LogP contribution in [0.5, 0.6) is 0 Å². The van der Waals surface area contributed by atoms with Crippen molar-refractivity contribution in [2.24, 2.45) is 5.92 Å². The molecule has 25 heavy (non-hydrogen) atoms. The van der Waals surface area contributed by atoms with E-state index < -0.39 is 23.7 Å². The fourth-order valence-corrected chi connectivity index (χ4v) is 3.33. The summed E-state index contributed by atoms with van der Waals surface area (Å²) in [4.78, 5) is 38.8. The third-order valence-corrected chi connectivity index (χ3v) is 4.54. The van der Waals surface area contributed by atoms with E-state index in [9.17, 15) is 18.8 Å². The van der Waals surface area contributed by atoms with Crippen LogP contribution in [-0.2, 0) is 19.1 Å². The van der Waals surface area contributed by atoms with Gasteiger partial charge in [0.25, 0.3) is 0 Å². The third-order valence-electron chi connectivity index (χ3n) is 4.54. The summed E-state index contributed by atoms with van der Waals surface area (Å²) in [6.07, 6.45) is -0.215. The first-order valence-electron chi connectivity index (χ1n) is 8.12. The minimum Gasteiger partial charge on any atom is -0.481 e. The number of morpholine rings is 1. The highest BCUT2D eigenvalue weighted by atomic mass is 19.1. The first-order chi connectivity index (χ1) is 12.0. The van der Waals surface area contributed by atoms with E-state index in [1.54, 1.807) is 6.07 Å². The SMILES string of the molecule is O=C(O)CC1COCCN1C(=O)C1CC(=O)N(c2ccccc2F)C1. The summed E-state index contributed by atoms with van der Waals surface area (Å²) in [6.45, 7) is 0.881. The monoisotopic (exact) mass is 350 g/mol. The number of carboxylic acid groups (broad SMARTS) is 1. The van der Waals surface area contributed by atoms with E-state index in [0.717, 1.165) is 0 Å². The van der Waals surface area contributed by atoms with Gasteiger partial charge in [0, 0.05) is 19.5 Å². The molecule has 0 bridgehead atoms. The zero-order valence-corrected chi connectivity index (χ0v) is 13.6. The molecule has 0 spiro atoms. The molecule has 2 atom stereocenters. The Hall–Kier alpha value is -2.48. The smallest absolute Gasteiger partial charge is 0.305 e. The zero-order chi connectivity index (χ0) is 18.0. The van der Waals surface area contributed by atoms with E-state index in [4.69, 9.17) is 9.84 Å². The molecule has 7 nitrogen and oxygen atoms in total. The number of halogens is 1. The Bertz CT molecular complexity index is 695. The largest absolute Gasteiger partial charge is 0.481 e. The molecule has 8 heteroatoms. The summed E-state index contributed by atoms with van der Waals surface area (Å²) in [6, 6.07) is 5.39. The molecule has 134 valence electrons. The van der Waals surface area contributed by atoms with Gasteiger partial charge in [0.1, 0.15) is 5.82 Å². The van der Waals surface area contributed by atoms with Crippen LogP contribution in [-0.4, -0.2) is 60.1 Å². The molecular formula is C17H19FN2O5. The Morgan fingerprint density at radius 3 is 2.80 bits per heavy atom. The highest BCUT2D eigenvalue weighted by Crippen LogP contribution is 2.29. The van der Waals surface area contributed by atoms with Crippen LogP contribution in [0.4, 0.5) is 10.1 Å². The molecule has 2 aliphatic rings. The zero-order valence-electron chi connectivity index (χ0n) is 13.6. The van der Waals surface area contributed by atoms with Gasteiger partial charge in [-0.25, -0.2) is 4.39 Å². The molecule has 0 radical (unpaired) electrons. The molecule has 1 aromatic rings. The Labute approximate surface area is 144 Å². The summed E-state index contributed by atoms with van der Waals surface area (Å²) in [5.74, 6) is -2.72. The maximum atomic E-state index is 13.9. The number of aliphatic carboxylic acids is 1. The van der Waals surface area contributed by atoms with E-state index in [0.29, 0.717) is 13.2 Å². The predicted molar refractivity (Wildman–Crippen MR) is 85.4 cm³/mol. The average molecular weight is 350 g/mol. The van der Waals surface area contributed by atoms with Crippen LogP contribution in [0.25, 0.3) is 0 Å². The first kappa shape index (κ1) is 17.3. The molecule has 0 aromatic heterocycles. The van der Waals surface area contributed by atoms with E-state index >= 15 is 0 Å². The molecule has 2 fully saturated rings. The van der Waals surface area contributed by atoms with Gasteiger partial charge in [-0.15, -0.1) is 0 Å². The lowest BCUT2D eigenvalue weighted by molar-refractivity contribution is -0.149. The molecule has 2 unspecified atom stereocenters. The second-order valence-electron chi connectivity index (χ2n) is 6.22. The van der Waals surface area contributed by atoms with E-state index in [1.807, 2.05) is 0 Å². The maximum Gasteiger partial charge on any atom is 0.305 e. The number of anilines is 1. The van der Waals surface area contributed by atoms with Gasteiger partial charge in [-0.1, -0.05) is 12.1 Å². The molecule has 2 amide bonds. The van der Waals surface area contributed by atoms with Gasteiger partial charge in [-0.2, -0.15) is 0 Å². The van der Waals surface area contributed by atoms with Crippen molar-refractivity contribution in [3.63, 3.8) is 0 Å². The lowest BCUT2D eigenvalue weighted by Gasteiger charge is -2.36. The fourth-order valence-electron chi connectivity index (χ4n) is 3.33. The Morgan fingerprint density at radius 2 is 2.08 bits per heavy atom. The third kappa shape index (κ3) is 3.63. The van der Waals surface area contributed by atoms with Crippen molar-refractivity contribution in [3.05, 3.63) is 30.1 Å². The number of carbonyl (C=O) groups is 3. The second-order valence-corrected chi connectivity index (χ2v) is 6.22. The van der Waals surface area contributed by atoms with Gasteiger partial charge in [0.2, 0.25) is 11.8 Å². The number of benzene rings is 1. The molecule has 1 aromatic carbocycles. The summed E-state index contributed by atoms with van der Waals surface area (Å²) >= 11 is 0. The summed E-state index contributed by atoms with van der Waals surface area (Å²) in [5.41, 5.74) is 0.159. The number of amides is 2. The maximum absolute atomic E-state index is 13.9. The van der Waals surface area contributed by atoms with Crippen molar-refractivity contribution >= 4 is 23.5 Å². The van der Waals surface area contributed by atoms with Crippen molar-refractivity contribution in [1.29, 1.82) is 0 Å². The number of para-hydroxylation sites is 1. The standard InChI is InChI=1S/C17H19FN2O5/c18-13-3-1-2-4-14(13)20-9-11(7-15(20)21)17(24)19-5-6-25-10-12(19)8-16(22)23/h1-4,11-12H,5-10H2,(H,22,23). The second kappa shape index (κ2) is 7.18. The topological polar surface area (TPSA) is 87.1 Å². The van der Waals surface area contributed by atoms with Crippen molar-refractivity contribution in [1.82, 2.24) is 4.90 Å². The normalized spacial score (nSPS) is 23.8. The number of rotatable bonds is 4. The van der Waals surface area contributed by atoms with Crippen LogP contribution < -0.4 is 4.90 Å². The molecule has 1 N–H and O–H groups in total. The van der Waals surface area contributed by atoms with Crippen LogP contribution in [0.2, 0.25) is 0 Å². The van der Waals surface area contributed by atoms with Crippen LogP contribution in [0, 0.1) is 11.7 Å². The number of hydrogen-bond donors (Lipinski definition) is 1. The van der Waals surface area contributed by atoms with Gasteiger partial charge < -0.3 is 19.6 Å². The Kier molecular flexibility index (Phi) is 4.98. The van der Waals surface area contributed by atoms with Gasteiger partial charge in [-0.05, 0) is 12.1 Å². The minimum atomic E-state index is -1.01. The van der Waals surface area contributed by atoms with Crippen LogP contribution in [0.15, 0.2) is 24.3 Å². The number of nitrogens with zero attached hydrogens (tertiary/aromatic N) is 2. The first-order valence-corrected chi connectivity index (χ1v) is 8.12. The number of ether oxygens (including phenoxy) is 1. The van der Waals surface area contributed by atoms with Crippen LogP contribution in [0.1, 0.15) is 12.8 Å². The van der Waals surface area contributed by atoms with Gasteiger partial charge in [0.05, 0.1) is 37.3 Å². The highest BCUT2D eigenvalue weighted by molar-refractivity contribution is 6.00. The van der Waals surface area contributed by atoms with Crippen molar-refractivity contribution < 1.29 is 28.6 Å². The van der Waals surface area contributed by atoms with E-state index in [2.05, 4.69) is 0 Å². The lowest BCUT2D eigenvalue weighted by Crippen LogP contribution is -2.51. The fraction of sp³-hybridized carbons (Fsp3) is 0.471. The van der Waals surface area contributed by atoms with E-state index in [-0.39, 0.29) is 43.5 Å². The number of hydrogen-bond acceptors (Lipinski definition) is 4. The van der Waals surface area contributed by atoms with Crippen molar-refractivity contribution in [3.8, 4) is 0 Å². The van der Waals surface area contributed by atoms with Gasteiger partial charge in [0.15, 0.2) is 0 Å². The molecular weight excluding hydrogens is 331 g/mol. The molecule has 0 aliphatic carbocycles. The summed E-state index contributed by atoms with van der Waals surface area (Å²) in [5, 5.41) is 9.00. The highest BCUT2D eigenvalue weighted by Gasteiger charge is 2.40. The molecule has 0 saturated carbocycles. The lowest BCUT2D eigenvalue weighted by atomic mass is 10.0. The summed E-state index contributed by atoms with van der Waals surface area (Å²) in [7, 11) is 0. The average Bonchev–Trinajstić information content (AvgIpc) is 2.96. The van der Waals surface area contributed by atoms with Crippen molar-refractivity contribution in [2.45, 2.75) is 18.9 Å². The van der Waals surface area contributed by atoms with Gasteiger partial charge >= 0.3 is 5.97 Å². The van der Waals surface area contributed by atoms with Crippen molar-refractivity contribution in [2.75, 3.05) is 31.2 Å². The van der Waals surface area contributed by atoms with Gasteiger partial charge in [-0.3, -0.25) is 14.4 Å². The van der Waals surface area contributed by atoms with Crippen LogP contribution in [0.3, 0.4) is 0 Å². The molecule has 2 saturated heterocycles. The molecule has 2 heterocycles. The predicted octanol–water partition coefficient (Wildman–Crippen LogP) is 0.881.